The van der Waals surface area contributed by atoms with E-state index in [2.05, 4.69) is 32.7 Å². The molecule has 0 spiro atoms. The standard InChI is InChI=1S/C13H14IN3O/c1-3-17-12(15-8-16-17)7-11(18)10-6-4-5-9(2)13(10)14/h4-6,8H,3,7H2,1-2H3. The predicted octanol–water partition coefficient (Wildman–Crippen LogP) is 2.64. The van der Waals surface area contributed by atoms with Gasteiger partial charge in [0.25, 0.3) is 0 Å². The number of hydrogen-bond acceptors (Lipinski definition) is 3. The van der Waals surface area contributed by atoms with Gasteiger partial charge in [0.1, 0.15) is 12.2 Å². The smallest absolute Gasteiger partial charge is 0.171 e. The molecule has 2 aromatic rings. The van der Waals surface area contributed by atoms with Crippen molar-refractivity contribution in [3.8, 4) is 0 Å². The number of benzene rings is 1. The molecule has 5 heteroatoms. The molecular weight excluding hydrogens is 341 g/mol. The molecule has 94 valence electrons. The van der Waals surface area contributed by atoms with Gasteiger partial charge in [-0.1, -0.05) is 18.2 Å². The van der Waals surface area contributed by atoms with Crippen LogP contribution >= 0.6 is 22.6 Å². The molecule has 1 aromatic heterocycles. The van der Waals surface area contributed by atoms with Gasteiger partial charge in [0.2, 0.25) is 0 Å². The number of rotatable bonds is 4. The molecule has 0 radical (unpaired) electrons. The Kier molecular flexibility index (Phi) is 4.11. The van der Waals surface area contributed by atoms with Crippen molar-refractivity contribution >= 4 is 28.4 Å². The summed E-state index contributed by atoms with van der Waals surface area (Å²) in [6.07, 6.45) is 1.79. The van der Waals surface area contributed by atoms with Gasteiger partial charge in [-0.2, -0.15) is 5.10 Å². The lowest BCUT2D eigenvalue weighted by Crippen LogP contribution is -2.12. The summed E-state index contributed by atoms with van der Waals surface area (Å²) in [6.45, 7) is 4.72. The van der Waals surface area contributed by atoms with Crippen LogP contribution in [0, 0.1) is 10.5 Å². The first-order chi connectivity index (χ1) is 8.63. The maximum Gasteiger partial charge on any atom is 0.171 e. The minimum atomic E-state index is 0.0887. The van der Waals surface area contributed by atoms with Crippen LogP contribution < -0.4 is 0 Å². The molecule has 0 aliphatic carbocycles. The SMILES string of the molecule is CCn1ncnc1CC(=O)c1cccc(C)c1I. The molecule has 0 saturated carbocycles. The van der Waals surface area contributed by atoms with E-state index in [0.717, 1.165) is 27.1 Å². The highest BCUT2D eigenvalue weighted by Gasteiger charge is 2.14. The molecular formula is C13H14IN3O. The maximum absolute atomic E-state index is 12.3. The van der Waals surface area contributed by atoms with Crippen LogP contribution in [0.25, 0.3) is 0 Å². The average Bonchev–Trinajstić information content (AvgIpc) is 2.79. The Labute approximate surface area is 120 Å². The van der Waals surface area contributed by atoms with Gasteiger partial charge in [0, 0.05) is 15.7 Å². The van der Waals surface area contributed by atoms with Gasteiger partial charge in [-0.05, 0) is 42.0 Å². The molecule has 0 N–H and O–H groups in total. The monoisotopic (exact) mass is 355 g/mol. The van der Waals surface area contributed by atoms with Crippen LogP contribution in [0.3, 0.4) is 0 Å². The zero-order chi connectivity index (χ0) is 13.1. The Morgan fingerprint density at radius 2 is 2.22 bits per heavy atom. The zero-order valence-electron chi connectivity index (χ0n) is 10.4. The molecule has 4 nitrogen and oxygen atoms in total. The van der Waals surface area contributed by atoms with E-state index in [0.29, 0.717) is 6.42 Å². The molecule has 0 aliphatic rings. The Hall–Kier alpha value is -1.24. The summed E-state index contributed by atoms with van der Waals surface area (Å²) < 4.78 is 2.77. The van der Waals surface area contributed by atoms with Crippen molar-refractivity contribution in [2.45, 2.75) is 26.8 Å². The molecule has 0 amide bonds. The van der Waals surface area contributed by atoms with Crippen molar-refractivity contribution in [1.29, 1.82) is 0 Å². The van der Waals surface area contributed by atoms with Gasteiger partial charge < -0.3 is 0 Å². The third-order valence-electron chi connectivity index (χ3n) is 2.81. The highest BCUT2D eigenvalue weighted by atomic mass is 127. The van der Waals surface area contributed by atoms with Crippen molar-refractivity contribution in [2.75, 3.05) is 0 Å². The summed E-state index contributed by atoms with van der Waals surface area (Å²) >= 11 is 2.22. The van der Waals surface area contributed by atoms with Gasteiger partial charge in [-0.25, -0.2) is 9.67 Å². The van der Waals surface area contributed by atoms with E-state index in [9.17, 15) is 4.79 Å². The number of ketones is 1. The van der Waals surface area contributed by atoms with Crippen molar-refractivity contribution < 1.29 is 4.79 Å². The van der Waals surface area contributed by atoms with Crippen molar-refractivity contribution in [2.24, 2.45) is 0 Å². The van der Waals surface area contributed by atoms with Crippen LogP contribution in [0.5, 0.6) is 0 Å². The largest absolute Gasteiger partial charge is 0.294 e. The second-order valence-corrected chi connectivity index (χ2v) is 5.11. The predicted molar refractivity (Wildman–Crippen MR) is 77.6 cm³/mol. The highest BCUT2D eigenvalue weighted by molar-refractivity contribution is 14.1. The summed E-state index contributed by atoms with van der Waals surface area (Å²) in [6, 6.07) is 5.78. The molecule has 2 rings (SSSR count). The van der Waals surface area contributed by atoms with E-state index in [1.165, 1.54) is 6.33 Å². The lowest BCUT2D eigenvalue weighted by Gasteiger charge is -2.06. The van der Waals surface area contributed by atoms with Crippen molar-refractivity contribution in [3.05, 3.63) is 45.0 Å². The number of halogens is 1. The van der Waals surface area contributed by atoms with Crippen LogP contribution in [0.1, 0.15) is 28.7 Å². The first-order valence-corrected chi connectivity index (χ1v) is 6.86. The fraction of sp³-hybridized carbons (Fsp3) is 0.308. The molecule has 0 atom stereocenters. The molecule has 0 unspecified atom stereocenters. The third kappa shape index (κ3) is 2.60. The number of aromatic nitrogens is 3. The minimum Gasteiger partial charge on any atom is -0.294 e. The van der Waals surface area contributed by atoms with Crippen LogP contribution in [0.4, 0.5) is 0 Å². The Balaban J connectivity index is 2.25. The van der Waals surface area contributed by atoms with Gasteiger partial charge in [-0.3, -0.25) is 4.79 Å². The molecule has 1 heterocycles. The lowest BCUT2D eigenvalue weighted by molar-refractivity contribution is 0.0988. The van der Waals surface area contributed by atoms with E-state index in [4.69, 9.17) is 0 Å². The zero-order valence-corrected chi connectivity index (χ0v) is 12.5. The third-order valence-corrected chi connectivity index (χ3v) is 4.24. The fourth-order valence-corrected chi connectivity index (χ4v) is 2.45. The van der Waals surface area contributed by atoms with E-state index in [1.807, 2.05) is 32.0 Å². The molecule has 18 heavy (non-hydrogen) atoms. The van der Waals surface area contributed by atoms with Crippen LogP contribution in [-0.4, -0.2) is 20.5 Å². The van der Waals surface area contributed by atoms with E-state index in [1.54, 1.807) is 4.68 Å². The molecule has 1 aromatic carbocycles. The molecule has 0 fully saturated rings. The van der Waals surface area contributed by atoms with Crippen molar-refractivity contribution in [3.63, 3.8) is 0 Å². The van der Waals surface area contributed by atoms with Gasteiger partial charge in [0.15, 0.2) is 5.78 Å². The summed E-state index contributed by atoms with van der Waals surface area (Å²) in [5.74, 6) is 0.811. The molecule has 0 saturated heterocycles. The fourth-order valence-electron chi connectivity index (χ4n) is 1.79. The number of carbonyl (C=O) groups is 1. The Bertz CT molecular complexity index is 577. The highest BCUT2D eigenvalue weighted by Crippen LogP contribution is 2.18. The minimum absolute atomic E-state index is 0.0887. The first kappa shape index (κ1) is 13.2. The van der Waals surface area contributed by atoms with Crippen LogP contribution in [0.2, 0.25) is 0 Å². The van der Waals surface area contributed by atoms with E-state index < -0.39 is 0 Å². The normalized spacial score (nSPS) is 10.6. The van der Waals surface area contributed by atoms with Crippen molar-refractivity contribution in [1.82, 2.24) is 14.8 Å². The summed E-state index contributed by atoms with van der Waals surface area (Å²) in [5, 5.41) is 4.07. The molecule has 0 bridgehead atoms. The number of nitrogens with zero attached hydrogens (tertiary/aromatic N) is 3. The number of aryl methyl sites for hydroxylation is 2. The number of carbonyl (C=O) groups excluding carboxylic acids is 1. The number of Topliss-reactive ketones (excluding diaryl/α,β-unsaturated/α-hetero) is 1. The lowest BCUT2D eigenvalue weighted by atomic mass is 10.1. The second kappa shape index (κ2) is 5.60. The van der Waals surface area contributed by atoms with Crippen LogP contribution in [-0.2, 0) is 13.0 Å². The Morgan fingerprint density at radius 1 is 1.44 bits per heavy atom. The number of hydrogen-bond donors (Lipinski definition) is 0. The van der Waals surface area contributed by atoms with Gasteiger partial charge in [0.05, 0.1) is 6.42 Å². The summed E-state index contributed by atoms with van der Waals surface area (Å²) in [5.41, 5.74) is 1.89. The molecule has 0 aliphatic heterocycles. The average molecular weight is 355 g/mol. The summed E-state index contributed by atoms with van der Waals surface area (Å²) in [7, 11) is 0. The quantitative estimate of drug-likeness (QED) is 0.626. The second-order valence-electron chi connectivity index (χ2n) is 4.03. The van der Waals surface area contributed by atoms with Gasteiger partial charge in [-0.15, -0.1) is 0 Å². The maximum atomic E-state index is 12.3. The Morgan fingerprint density at radius 3 is 2.94 bits per heavy atom. The first-order valence-electron chi connectivity index (χ1n) is 5.78. The van der Waals surface area contributed by atoms with E-state index >= 15 is 0 Å². The summed E-state index contributed by atoms with van der Waals surface area (Å²) in [4.78, 5) is 16.4. The topological polar surface area (TPSA) is 47.8 Å². The van der Waals surface area contributed by atoms with E-state index in [-0.39, 0.29) is 5.78 Å². The van der Waals surface area contributed by atoms with Gasteiger partial charge >= 0.3 is 0 Å². The van der Waals surface area contributed by atoms with Crippen LogP contribution in [0.15, 0.2) is 24.5 Å².